The van der Waals surface area contributed by atoms with Crippen LogP contribution in [0.1, 0.15) is 26.5 Å². The first-order valence-electron chi connectivity index (χ1n) is 6.97. The Hall–Kier alpha value is -1.66. The Morgan fingerprint density at radius 3 is 2.40 bits per heavy atom. The summed E-state index contributed by atoms with van der Waals surface area (Å²) in [5.41, 5.74) is 13.4. The molecule has 0 amide bonds. The van der Waals surface area contributed by atoms with E-state index in [1.807, 2.05) is 10.7 Å². The van der Waals surface area contributed by atoms with Crippen LogP contribution in [0.4, 0.5) is 5.82 Å². The second kappa shape index (κ2) is 5.76. The summed E-state index contributed by atoms with van der Waals surface area (Å²) >= 11 is 0. The molecule has 6 nitrogen and oxygen atoms in total. The Balaban J connectivity index is 2.50. The third-order valence-corrected chi connectivity index (χ3v) is 3.24. The van der Waals surface area contributed by atoms with Crippen LogP contribution in [-0.4, -0.2) is 40.8 Å². The van der Waals surface area contributed by atoms with Crippen molar-refractivity contribution in [2.45, 2.75) is 26.2 Å². The van der Waals surface area contributed by atoms with Crippen molar-refractivity contribution in [1.82, 2.24) is 14.6 Å². The van der Waals surface area contributed by atoms with Crippen LogP contribution in [0.2, 0.25) is 0 Å². The summed E-state index contributed by atoms with van der Waals surface area (Å²) in [7, 11) is 0. The van der Waals surface area contributed by atoms with Gasteiger partial charge in [-0.05, 0) is 6.07 Å². The molecule has 2 aromatic heterocycles. The van der Waals surface area contributed by atoms with Gasteiger partial charge in [0.05, 0.1) is 5.69 Å². The SMILES string of the molecule is CC(C)(C)c1cc2c(N(CCN)CCN)nccn2n1. The predicted octanol–water partition coefficient (Wildman–Crippen LogP) is 0.751. The van der Waals surface area contributed by atoms with Crippen molar-refractivity contribution in [3.63, 3.8) is 0 Å². The molecule has 6 heteroatoms. The number of hydrogen-bond donors (Lipinski definition) is 2. The fourth-order valence-electron chi connectivity index (χ4n) is 2.15. The highest BCUT2D eigenvalue weighted by molar-refractivity contribution is 5.69. The zero-order valence-corrected chi connectivity index (χ0v) is 12.5. The molecule has 0 radical (unpaired) electrons. The minimum absolute atomic E-state index is 0.00978. The molecular weight excluding hydrogens is 252 g/mol. The maximum atomic E-state index is 5.68. The molecule has 0 aliphatic rings. The largest absolute Gasteiger partial charge is 0.352 e. The number of nitrogens with zero attached hydrogens (tertiary/aromatic N) is 4. The summed E-state index contributed by atoms with van der Waals surface area (Å²) in [6.45, 7) is 9.07. The molecule has 4 N–H and O–H groups in total. The van der Waals surface area contributed by atoms with Gasteiger partial charge in [0.1, 0.15) is 5.52 Å². The van der Waals surface area contributed by atoms with Gasteiger partial charge >= 0.3 is 0 Å². The van der Waals surface area contributed by atoms with Crippen LogP contribution in [0.5, 0.6) is 0 Å². The summed E-state index contributed by atoms with van der Waals surface area (Å²) < 4.78 is 1.88. The Morgan fingerprint density at radius 1 is 1.20 bits per heavy atom. The first-order valence-corrected chi connectivity index (χ1v) is 6.97. The van der Waals surface area contributed by atoms with Crippen LogP contribution in [0.3, 0.4) is 0 Å². The Morgan fingerprint density at radius 2 is 1.85 bits per heavy atom. The average molecular weight is 276 g/mol. The van der Waals surface area contributed by atoms with E-state index in [1.54, 1.807) is 6.20 Å². The first-order chi connectivity index (χ1) is 9.47. The highest BCUT2D eigenvalue weighted by Crippen LogP contribution is 2.25. The van der Waals surface area contributed by atoms with Crippen molar-refractivity contribution in [3.05, 3.63) is 24.2 Å². The normalized spacial score (nSPS) is 12.1. The average Bonchev–Trinajstić information content (AvgIpc) is 2.82. The van der Waals surface area contributed by atoms with E-state index >= 15 is 0 Å². The molecular formula is C14H24N6. The van der Waals surface area contributed by atoms with E-state index in [9.17, 15) is 0 Å². The Labute approximate surface area is 119 Å². The quantitative estimate of drug-likeness (QED) is 0.841. The zero-order valence-electron chi connectivity index (χ0n) is 12.5. The fourth-order valence-corrected chi connectivity index (χ4v) is 2.15. The maximum absolute atomic E-state index is 5.68. The van der Waals surface area contributed by atoms with E-state index in [1.165, 1.54) is 0 Å². The molecule has 0 aliphatic heterocycles. The molecule has 0 spiro atoms. The lowest BCUT2D eigenvalue weighted by Gasteiger charge is -2.22. The molecule has 2 rings (SSSR count). The smallest absolute Gasteiger partial charge is 0.154 e. The van der Waals surface area contributed by atoms with Gasteiger partial charge in [0.2, 0.25) is 0 Å². The Kier molecular flexibility index (Phi) is 4.25. The topological polar surface area (TPSA) is 85.5 Å². The van der Waals surface area contributed by atoms with Crippen LogP contribution in [0, 0.1) is 0 Å². The highest BCUT2D eigenvalue weighted by atomic mass is 15.3. The van der Waals surface area contributed by atoms with Gasteiger partial charge in [-0.15, -0.1) is 0 Å². The molecule has 0 aliphatic carbocycles. The number of fused-ring (bicyclic) bond motifs is 1. The summed E-state index contributed by atoms with van der Waals surface area (Å²) in [6.07, 6.45) is 3.64. The van der Waals surface area contributed by atoms with Crippen LogP contribution in [0.15, 0.2) is 18.5 Å². The van der Waals surface area contributed by atoms with E-state index in [0.29, 0.717) is 13.1 Å². The molecule has 0 atom stereocenters. The molecule has 0 saturated carbocycles. The molecule has 0 saturated heterocycles. The van der Waals surface area contributed by atoms with Gasteiger partial charge in [-0.3, -0.25) is 0 Å². The molecule has 110 valence electrons. The van der Waals surface area contributed by atoms with Gasteiger partial charge in [0.25, 0.3) is 0 Å². The fraction of sp³-hybridized carbons (Fsp3) is 0.571. The van der Waals surface area contributed by atoms with Crippen molar-refractivity contribution >= 4 is 11.3 Å². The molecule has 2 aromatic rings. The van der Waals surface area contributed by atoms with Crippen molar-refractivity contribution in [2.24, 2.45) is 11.5 Å². The second-order valence-corrected chi connectivity index (χ2v) is 5.92. The second-order valence-electron chi connectivity index (χ2n) is 5.92. The summed E-state index contributed by atoms with van der Waals surface area (Å²) in [5.74, 6) is 0.895. The Bertz CT molecular complexity index is 563. The first kappa shape index (κ1) is 14.7. The number of hydrogen-bond acceptors (Lipinski definition) is 5. The minimum atomic E-state index is 0.00978. The standard InChI is InChI=1S/C14H24N6/c1-14(2,3)12-10-11-13(17-6-9-20(11)18-12)19(7-4-15)8-5-16/h6,9-10H,4-5,7-8,15-16H2,1-3H3. The van der Waals surface area contributed by atoms with Gasteiger partial charge < -0.3 is 16.4 Å². The molecule has 20 heavy (non-hydrogen) atoms. The lowest BCUT2D eigenvalue weighted by atomic mass is 9.92. The van der Waals surface area contributed by atoms with E-state index in [-0.39, 0.29) is 5.41 Å². The van der Waals surface area contributed by atoms with Crippen molar-refractivity contribution in [2.75, 3.05) is 31.1 Å². The van der Waals surface area contributed by atoms with E-state index in [4.69, 9.17) is 11.5 Å². The predicted molar refractivity (Wildman–Crippen MR) is 82.0 cm³/mol. The van der Waals surface area contributed by atoms with Gasteiger partial charge in [0, 0.05) is 44.0 Å². The number of anilines is 1. The zero-order chi connectivity index (χ0) is 14.8. The van der Waals surface area contributed by atoms with Crippen LogP contribution in [0.25, 0.3) is 5.52 Å². The van der Waals surface area contributed by atoms with Crippen LogP contribution >= 0.6 is 0 Å². The van der Waals surface area contributed by atoms with Crippen LogP contribution < -0.4 is 16.4 Å². The van der Waals surface area contributed by atoms with Crippen LogP contribution in [-0.2, 0) is 5.41 Å². The third kappa shape index (κ3) is 2.91. The third-order valence-electron chi connectivity index (χ3n) is 3.24. The molecule has 0 unspecified atom stereocenters. The maximum Gasteiger partial charge on any atom is 0.154 e. The van der Waals surface area contributed by atoms with E-state index in [2.05, 4.69) is 41.8 Å². The van der Waals surface area contributed by atoms with Crippen molar-refractivity contribution in [3.8, 4) is 0 Å². The van der Waals surface area contributed by atoms with Gasteiger partial charge in [-0.1, -0.05) is 20.8 Å². The van der Waals surface area contributed by atoms with Crippen molar-refractivity contribution in [1.29, 1.82) is 0 Å². The van der Waals surface area contributed by atoms with Crippen molar-refractivity contribution < 1.29 is 0 Å². The number of aromatic nitrogens is 3. The lowest BCUT2D eigenvalue weighted by molar-refractivity contribution is 0.562. The van der Waals surface area contributed by atoms with Gasteiger partial charge in [-0.2, -0.15) is 5.10 Å². The monoisotopic (exact) mass is 276 g/mol. The molecule has 2 heterocycles. The molecule has 0 fully saturated rings. The lowest BCUT2D eigenvalue weighted by Crippen LogP contribution is -2.34. The highest BCUT2D eigenvalue weighted by Gasteiger charge is 2.20. The number of nitrogens with two attached hydrogens (primary N) is 2. The number of rotatable bonds is 5. The van der Waals surface area contributed by atoms with Gasteiger partial charge in [-0.25, -0.2) is 9.50 Å². The van der Waals surface area contributed by atoms with E-state index in [0.717, 1.165) is 30.1 Å². The van der Waals surface area contributed by atoms with E-state index < -0.39 is 0 Å². The molecule has 0 bridgehead atoms. The molecule has 0 aromatic carbocycles. The summed E-state index contributed by atoms with van der Waals surface area (Å²) in [5, 5.41) is 4.63. The summed E-state index contributed by atoms with van der Waals surface area (Å²) in [6, 6.07) is 2.10. The summed E-state index contributed by atoms with van der Waals surface area (Å²) in [4.78, 5) is 6.61. The van der Waals surface area contributed by atoms with Gasteiger partial charge in [0.15, 0.2) is 5.82 Å². The minimum Gasteiger partial charge on any atom is -0.352 e.